The molecular weight excluding hydrogens is 392 g/mol. The first-order valence-electron chi connectivity index (χ1n) is 11.8. The van der Waals surface area contributed by atoms with Crippen molar-refractivity contribution in [2.24, 2.45) is 17.8 Å². The van der Waals surface area contributed by atoms with Gasteiger partial charge in [0.05, 0.1) is 38.8 Å². The summed E-state index contributed by atoms with van der Waals surface area (Å²) in [6.07, 6.45) is 8.54. The summed E-state index contributed by atoms with van der Waals surface area (Å²) in [7, 11) is 1.60. The normalized spacial score (nSPS) is 32.5. The SMILES string of the molecule is COc1ccc2oc(=O)c(C(=O)N3CC[NH+](C45CC6CC(CC(C6)C4)C5)CC3)cc2c1. The summed E-state index contributed by atoms with van der Waals surface area (Å²) in [5.74, 6) is 3.29. The van der Waals surface area contributed by atoms with Crippen LogP contribution in [0.4, 0.5) is 0 Å². The second-order valence-corrected chi connectivity index (χ2v) is 10.4. The molecule has 2 aromatic rings. The molecule has 1 aromatic carbocycles. The highest BCUT2D eigenvalue weighted by atomic mass is 16.5. The molecule has 0 unspecified atom stereocenters. The van der Waals surface area contributed by atoms with E-state index in [1.54, 1.807) is 36.3 Å². The smallest absolute Gasteiger partial charge is 0.349 e. The van der Waals surface area contributed by atoms with E-state index >= 15 is 0 Å². The number of methoxy groups -OCH3 is 1. The largest absolute Gasteiger partial charge is 0.497 e. The monoisotopic (exact) mass is 423 g/mol. The molecule has 4 saturated carbocycles. The minimum atomic E-state index is -0.557. The molecule has 4 bridgehead atoms. The number of nitrogens with one attached hydrogen (secondary N) is 1. The number of amides is 1. The first kappa shape index (κ1) is 19.4. The number of quaternary nitrogens is 1. The van der Waals surface area contributed by atoms with E-state index in [4.69, 9.17) is 9.15 Å². The molecule has 164 valence electrons. The summed E-state index contributed by atoms with van der Waals surface area (Å²) in [6, 6.07) is 6.91. The van der Waals surface area contributed by atoms with Gasteiger partial charge in [0.1, 0.15) is 16.9 Å². The van der Waals surface area contributed by atoms with Crippen molar-refractivity contribution in [2.45, 2.75) is 44.1 Å². The van der Waals surface area contributed by atoms with E-state index in [0.29, 0.717) is 35.3 Å². The zero-order valence-corrected chi connectivity index (χ0v) is 18.2. The van der Waals surface area contributed by atoms with Gasteiger partial charge in [0.2, 0.25) is 0 Å². The van der Waals surface area contributed by atoms with Crippen LogP contribution in [0.25, 0.3) is 11.0 Å². The maximum absolute atomic E-state index is 13.2. The Hall–Kier alpha value is -2.34. The number of nitrogens with zero attached hydrogens (tertiary/aromatic N) is 1. The van der Waals surface area contributed by atoms with E-state index in [9.17, 15) is 9.59 Å². The van der Waals surface area contributed by atoms with Gasteiger partial charge in [-0.25, -0.2) is 4.79 Å². The Kier molecular flexibility index (Phi) is 4.43. The van der Waals surface area contributed by atoms with Crippen molar-refractivity contribution in [1.82, 2.24) is 4.90 Å². The van der Waals surface area contributed by atoms with Gasteiger partial charge in [0.15, 0.2) is 0 Å². The molecule has 1 amide bonds. The van der Waals surface area contributed by atoms with Crippen molar-refractivity contribution < 1.29 is 18.8 Å². The Morgan fingerprint density at radius 2 is 1.71 bits per heavy atom. The van der Waals surface area contributed by atoms with Gasteiger partial charge in [-0.1, -0.05) is 0 Å². The zero-order valence-electron chi connectivity index (χ0n) is 18.2. The van der Waals surface area contributed by atoms with Crippen LogP contribution in [0.2, 0.25) is 0 Å². The lowest BCUT2D eigenvalue weighted by Gasteiger charge is -2.59. The number of ether oxygens (including phenoxy) is 1. The summed E-state index contributed by atoms with van der Waals surface area (Å²) >= 11 is 0. The molecule has 0 radical (unpaired) electrons. The molecule has 4 aliphatic carbocycles. The second-order valence-electron chi connectivity index (χ2n) is 10.4. The molecule has 6 nitrogen and oxygen atoms in total. The van der Waals surface area contributed by atoms with Crippen LogP contribution in [0.1, 0.15) is 48.9 Å². The number of carbonyl (C=O) groups is 1. The van der Waals surface area contributed by atoms with Crippen LogP contribution < -0.4 is 15.3 Å². The first-order valence-corrected chi connectivity index (χ1v) is 11.8. The van der Waals surface area contributed by atoms with Gasteiger partial charge < -0.3 is 19.0 Å². The third-order valence-electron chi connectivity index (χ3n) is 8.61. The highest BCUT2D eigenvalue weighted by Crippen LogP contribution is 2.54. The second kappa shape index (κ2) is 7.09. The van der Waals surface area contributed by atoms with E-state index in [-0.39, 0.29) is 11.5 Å². The molecule has 31 heavy (non-hydrogen) atoms. The van der Waals surface area contributed by atoms with Gasteiger partial charge in [-0.2, -0.15) is 0 Å². The van der Waals surface area contributed by atoms with Gasteiger partial charge in [-0.3, -0.25) is 4.79 Å². The minimum absolute atomic E-state index is 0.124. The zero-order chi connectivity index (χ0) is 21.2. The fourth-order valence-corrected chi connectivity index (χ4v) is 7.60. The van der Waals surface area contributed by atoms with Crippen molar-refractivity contribution in [3.8, 4) is 5.75 Å². The summed E-state index contributed by atoms with van der Waals surface area (Å²) in [6.45, 7) is 3.41. The number of hydrogen-bond donors (Lipinski definition) is 1. The molecule has 1 aromatic heterocycles. The van der Waals surface area contributed by atoms with E-state index in [1.165, 1.54) is 38.5 Å². The highest BCUT2D eigenvalue weighted by molar-refractivity contribution is 5.96. The quantitative estimate of drug-likeness (QED) is 0.768. The Morgan fingerprint density at radius 1 is 1.06 bits per heavy atom. The number of piperazine rings is 1. The van der Waals surface area contributed by atoms with Crippen LogP contribution in [-0.4, -0.2) is 49.6 Å². The van der Waals surface area contributed by atoms with Crippen molar-refractivity contribution >= 4 is 16.9 Å². The van der Waals surface area contributed by atoms with Crippen molar-refractivity contribution in [3.63, 3.8) is 0 Å². The first-order chi connectivity index (χ1) is 15.0. The average molecular weight is 424 g/mol. The van der Waals surface area contributed by atoms with E-state index in [1.807, 2.05) is 4.90 Å². The Balaban J connectivity index is 1.19. The van der Waals surface area contributed by atoms with Crippen LogP contribution in [0, 0.1) is 17.8 Å². The summed E-state index contributed by atoms with van der Waals surface area (Å²) in [4.78, 5) is 29.3. The molecule has 5 aliphatic rings. The lowest BCUT2D eigenvalue weighted by Crippen LogP contribution is -3.23. The molecule has 1 saturated heterocycles. The topological polar surface area (TPSA) is 64.2 Å². The average Bonchev–Trinajstić information content (AvgIpc) is 2.77. The molecule has 6 heteroatoms. The van der Waals surface area contributed by atoms with Crippen molar-refractivity contribution in [3.05, 3.63) is 40.2 Å². The number of fused-ring (bicyclic) bond motifs is 1. The fourth-order valence-electron chi connectivity index (χ4n) is 7.60. The lowest BCUT2D eigenvalue weighted by molar-refractivity contribution is -0.962. The molecule has 2 heterocycles. The van der Waals surface area contributed by atoms with Gasteiger partial charge in [0, 0.05) is 24.6 Å². The van der Waals surface area contributed by atoms with E-state index in [2.05, 4.69) is 0 Å². The lowest BCUT2D eigenvalue weighted by atomic mass is 9.52. The molecule has 1 aliphatic heterocycles. The molecular formula is C25H31N2O4+. The Morgan fingerprint density at radius 3 is 2.32 bits per heavy atom. The maximum Gasteiger partial charge on any atom is 0.349 e. The van der Waals surface area contributed by atoms with Gasteiger partial charge in [0.25, 0.3) is 5.91 Å². The van der Waals surface area contributed by atoms with Crippen LogP contribution >= 0.6 is 0 Å². The van der Waals surface area contributed by atoms with Crippen LogP contribution in [0.5, 0.6) is 5.75 Å². The summed E-state index contributed by atoms with van der Waals surface area (Å²) < 4.78 is 10.7. The van der Waals surface area contributed by atoms with Gasteiger partial charge in [-0.15, -0.1) is 0 Å². The standard InChI is InChI=1S/C25H30N2O4/c1-30-20-2-3-22-19(11-20)12-21(24(29)31-22)23(28)26-4-6-27(7-5-26)25-13-16-8-17(14-25)10-18(9-16)15-25/h2-3,11-12,16-18H,4-10,13-15H2,1H3/p+1. The van der Waals surface area contributed by atoms with Gasteiger partial charge in [-0.05, 0) is 61.3 Å². The predicted octanol–water partition coefficient (Wildman–Crippen LogP) is 2.11. The van der Waals surface area contributed by atoms with Crippen molar-refractivity contribution in [1.29, 1.82) is 0 Å². The molecule has 7 rings (SSSR count). The van der Waals surface area contributed by atoms with E-state index in [0.717, 1.165) is 30.8 Å². The van der Waals surface area contributed by atoms with Crippen LogP contribution in [-0.2, 0) is 0 Å². The van der Waals surface area contributed by atoms with Crippen molar-refractivity contribution in [2.75, 3.05) is 33.3 Å². The van der Waals surface area contributed by atoms with E-state index < -0.39 is 5.63 Å². The number of hydrogen-bond acceptors (Lipinski definition) is 4. The number of benzene rings is 1. The molecule has 0 spiro atoms. The fraction of sp³-hybridized carbons (Fsp3) is 0.600. The number of rotatable bonds is 3. The Labute approximate surface area is 182 Å². The molecule has 0 atom stereocenters. The van der Waals surface area contributed by atoms with Crippen LogP contribution in [0.15, 0.2) is 33.5 Å². The number of carbonyl (C=O) groups excluding carboxylic acids is 1. The molecule has 1 N–H and O–H groups in total. The third kappa shape index (κ3) is 3.18. The summed E-state index contributed by atoms with van der Waals surface area (Å²) in [5.41, 5.74) is 0.499. The molecule has 5 fully saturated rings. The van der Waals surface area contributed by atoms with Crippen LogP contribution in [0.3, 0.4) is 0 Å². The predicted molar refractivity (Wildman–Crippen MR) is 117 cm³/mol. The summed E-state index contributed by atoms with van der Waals surface area (Å²) in [5, 5.41) is 0.708. The Bertz CT molecular complexity index is 1050. The maximum atomic E-state index is 13.2. The highest BCUT2D eigenvalue weighted by Gasteiger charge is 2.56. The third-order valence-corrected chi connectivity index (χ3v) is 8.61. The van der Waals surface area contributed by atoms with Gasteiger partial charge >= 0.3 is 5.63 Å². The minimum Gasteiger partial charge on any atom is -0.497 e.